The third-order valence-corrected chi connectivity index (χ3v) is 4.84. The number of pyridine rings is 1. The molecule has 1 saturated heterocycles. The molecular weight excluding hydrogens is 348 g/mol. The molecule has 0 amide bonds. The van der Waals surface area contributed by atoms with E-state index in [0.29, 0.717) is 5.58 Å². The molecule has 1 fully saturated rings. The fourth-order valence-electron chi connectivity index (χ4n) is 3.48. The van der Waals surface area contributed by atoms with Crippen LogP contribution in [0.15, 0.2) is 35.0 Å². The molecule has 8 heteroatoms. The summed E-state index contributed by atoms with van der Waals surface area (Å²) in [5.41, 5.74) is 1.77. The van der Waals surface area contributed by atoms with Crippen LogP contribution in [0.5, 0.6) is 5.75 Å². The number of anilines is 2. The predicted molar refractivity (Wildman–Crippen MR) is 101 cm³/mol. The molecule has 4 rings (SSSR count). The second kappa shape index (κ2) is 6.79. The number of aromatic nitrogens is 2. The minimum Gasteiger partial charge on any atom is -0.496 e. The Morgan fingerprint density at radius 3 is 2.52 bits per heavy atom. The second-order valence-electron chi connectivity index (χ2n) is 6.48. The Morgan fingerprint density at radius 2 is 1.89 bits per heavy atom. The van der Waals surface area contributed by atoms with Gasteiger partial charge in [-0.15, -0.1) is 0 Å². The summed E-state index contributed by atoms with van der Waals surface area (Å²) in [6.45, 7) is 4.90. The summed E-state index contributed by atoms with van der Waals surface area (Å²) >= 11 is 0. The molecule has 1 aliphatic rings. The van der Waals surface area contributed by atoms with Crippen molar-refractivity contribution in [3.63, 3.8) is 0 Å². The lowest BCUT2D eigenvalue weighted by molar-refractivity contribution is 0.0696. The molecule has 1 aromatic carbocycles. The third-order valence-electron chi connectivity index (χ3n) is 4.84. The number of methoxy groups -OCH3 is 1. The van der Waals surface area contributed by atoms with E-state index in [-0.39, 0.29) is 5.56 Å². The van der Waals surface area contributed by atoms with Crippen LogP contribution in [0.2, 0.25) is 0 Å². The van der Waals surface area contributed by atoms with Crippen molar-refractivity contribution in [1.82, 2.24) is 10.1 Å². The fraction of sp³-hybridized carbons (Fsp3) is 0.316. The number of piperazine rings is 1. The number of aromatic carboxylic acids is 1. The van der Waals surface area contributed by atoms with Crippen LogP contribution < -0.4 is 14.5 Å². The van der Waals surface area contributed by atoms with Crippen LogP contribution in [0.4, 0.5) is 11.6 Å². The van der Waals surface area contributed by atoms with Gasteiger partial charge in [-0.3, -0.25) is 0 Å². The van der Waals surface area contributed by atoms with E-state index in [1.165, 1.54) is 6.20 Å². The van der Waals surface area contributed by atoms with Crippen molar-refractivity contribution >= 4 is 28.6 Å². The number of hydrogen-bond acceptors (Lipinski definition) is 7. The molecule has 3 aromatic rings. The van der Waals surface area contributed by atoms with Crippen LogP contribution in [-0.2, 0) is 0 Å². The Morgan fingerprint density at radius 1 is 1.19 bits per heavy atom. The number of ether oxygens (including phenoxy) is 1. The van der Waals surface area contributed by atoms with E-state index in [4.69, 9.17) is 14.4 Å². The zero-order chi connectivity index (χ0) is 19.0. The molecule has 140 valence electrons. The van der Waals surface area contributed by atoms with Crippen molar-refractivity contribution in [3.8, 4) is 5.75 Å². The highest BCUT2D eigenvalue weighted by Crippen LogP contribution is 2.34. The van der Waals surface area contributed by atoms with Crippen molar-refractivity contribution in [3.05, 3.63) is 41.6 Å². The monoisotopic (exact) mass is 368 g/mol. The highest BCUT2D eigenvalue weighted by atomic mass is 16.5. The number of carbonyl (C=O) groups is 1. The number of benzene rings is 1. The highest BCUT2D eigenvalue weighted by molar-refractivity contribution is 5.94. The summed E-state index contributed by atoms with van der Waals surface area (Å²) in [4.78, 5) is 19.8. The van der Waals surface area contributed by atoms with E-state index in [9.17, 15) is 4.79 Å². The van der Waals surface area contributed by atoms with Gasteiger partial charge >= 0.3 is 5.97 Å². The summed E-state index contributed by atoms with van der Waals surface area (Å²) in [7, 11) is 1.64. The maximum absolute atomic E-state index is 11.1. The normalized spacial score (nSPS) is 14.6. The van der Waals surface area contributed by atoms with E-state index in [1.54, 1.807) is 13.2 Å². The van der Waals surface area contributed by atoms with Gasteiger partial charge in [-0.05, 0) is 30.7 Å². The van der Waals surface area contributed by atoms with Gasteiger partial charge in [-0.2, -0.15) is 0 Å². The maximum Gasteiger partial charge on any atom is 0.337 e. The molecule has 3 heterocycles. The first-order valence-corrected chi connectivity index (χ1v) is 8.70. The van der Waals surface area contributed by atoms with Crippen molar-refractivity contribution in [2.24, 2.45) is 0 Å². The molecule has 0 atom stereocenters. The number of nitrogens with zero attached hydrogens (tertiary/aromatic N) is 4. The summed E-state index contributed by atoms with van der Waals surface area (Å²) in [6.07, 6.45) is 1.41. The van der Waals surface area contributed by atoms with Crippen LogP contribution in [0.1, 0.15) is 15.9 Å². The molecule has 0 spiro atoms. The predicted octanol–water partition coefficient (Wildman–Crippen LogP) is 2.56. The SMILES string of the molecule is COc1cccc2onc(N3CCN(c4ncc(C(=O)O)cc4C)CC3)c12. The number of fused-ring (bicyclic) bond motifs is 1. The van der Waals surface area contributed by atoms with E-state index < -0.39 is 5.97 Å². The quantitative estimate of drug-likeness (QED) is 0.751. The van der Waals surface area contributed by atoms with Gasteiger partial charge in [0.1, 0.15) is 17.0 Å². The largest absolute Gasteiger partial charge is 0.496 e. The van der Waals surface area contributed by atoms with Crippen LogP contribution in [0.25, 0.3) is 11.0 Å². The maximum atomic E-state index is 11.1. The van der Waals surface area contributed by atoms with Gasteiger partial charge in [0.05, 0.1) is 12.7 Å². The van der Waals surface area contributed by atoms with E-state index in [1.807, 2.05) is 25.1 Å². The Labute approximate surface area is 155 Å². The number of hydrogen-bond donors (Lipinski definition) is 1. The summed E-state index contributed by atoms with van der Waals surface area (Å²) in [5.74, 6) is 1.39. The van der Waals surface area contributed by atoms with Gasteiger partial charge in [0, 0.05) is 32.4 Å². The van der Waals surface area contributed by atoms with Gasteiger partial charge in [0.15, 0.2) is 11.4 Å². The lowest BCUT2D eigenvalue weighted by Crippen LogP contribution is -2.47. The molecular formula is C19H20N4O4. The first kappa shape index (κ1) is 17.1. The number of rotatable bonds is 4. The zero-order valence-corrected chi connectivity index (χ0v) is 15.2. The van der Waals surface area contributed by atoms with E-state index in [0.717, 1.165) is 54.5 Å². The molecule has 27 heavy (non-hydrogen) atoms. The van der Waals surface area contributed by atoms with Gasteiger partial charge < -0.3 is 24.2 Å². The minimum absolute atomic E-state index is 0.205. The standard InChI is InChI=1S/C19H20N4O4/c1-12-10-13(19(24)25)11-20-17(12)22-6-8-23(9-7-22)18-16-14(26-2)4-3-5-15(16)27-21-18/h3-5,10-11H,6-9H2,1-2H3,(H,24,25). The Kier molecular flexibility index (Phi) is 4.31. The van der Waals surface area contributed by atoms with Crippen LogP contribution >= 0.6 is 0 Å². The lowest BCUT2D eigenvalue weighted by atomic mass is 10.1. The molecule has 0 bridgehead atoms. The van der Waals surface area contributed by atoms with Crippen molar-refractivity contribution in [1.29, 1.82) is 0 Å². The summed E-state index contributed by atoms with van der Waals surface area (Å²) in [5, 5.41) is 14.2. The smallest absolute Gasteiger partial charge is 0.337 e. The molecule has 0 saturated carbocycles. The molecule has 1 N–H and O–H groups in total. The topological polar surface area (TPSA) is 91.9 Å². The van der Waals surface area contributed by atoms with Gasteiger partial charge in [-0.25, -0.2) is 9.78 Å². The molecule has 0 aliphatic carbocycles. The number of carboxylic acid groups (broad SMARTS) is 1. The Bertz CT molecular complexity index is 993. The van der Waals surface area contributed by atoms with Crippen LogP contribution in [-0.4, -0.2) is 54.5 Å². The first-order chi connectivity index (χ1) is 13.1. The van der Waals surface area contributed by atoms with Crippen LogP contribution in [0, 0.1) is 6.92 Å². The summed E-state index contributed by atoms with van der Waals surface area (Å²) < 4.78 is 10.9. The number of aryl methyl sites for hydroxylation is 1. The minimum atomic E-state index is -0.964. The molecule has 2 aromatic heterocycles. The summed E-state index contributed by atoms with van der Waals surface area (Å²) in [6, 6.07) is 7.31. The van der Waals surface area contributed by atoms with Crippen molar-refractivity contribution < 1.29 is 19.2 Å². The lowest BCUT2D eigenvalue weighted by Gasteiger charge is -2.36. The molecule has 0 unspecified atom stereocenters. The molecule has 0 radical (unpaired) electrons. The molecule has 1 aliphatic heterocycles. The van der Waals surface area contributed by atoms with Gasteiger partial charge in [0.25, 0.3) is 0 Å². The van der Waals surface area contributed by atoms with Gasteiger partial charge in [-0.1, -0.05) is 11.2 Å². The average molecular weight is 368 g/mol. The zero-order valence-electron chi connectivity index (χ0n) is 15.2. The van der Waals surface area contributed by atoms with Crippen molar-refractivity contribution in [2.75, 3.05) is 43.1 Å². The second-order valence-corrected chi connectivity index (χ2v) is 6.48. The number of carboxylic acids is 1. The molecule has 8 nitrogen and oxygen atoms in total. The first-order valence-electron chi connectivity index (χ1n) is 8.70. The fourth-order valence-corrected chi connectivity index (χ4v) is 3.48. The van der Waals surface area contributed by atoms with E-state index >= 15 is 0 Å². The Hall–Kier alpha value is -3.29. The van der Waals surface area contributed by atoms with Crippen LogP contribution in [0.3, 0.4) is 0 Å². The average Bonchev–Trinajstić information content (AvgIpc) is 3.12. The van der Waals surface area contributed by atoms with Crippen molar-refractivity contribution in [2.45, 2.75) is 6.92 Å². The Balaban J connectivity index is 1.54. The van der Waals surface area contributed by atoms with E-state index in [2.05, 4.69) is 19.9 Å². The highest BCUT2D eigenvalue weighted by Gasteiger charge is 2.25. The third kappa shape index (κ3) is 3.03. The van der Waals surface area contributed by atoms with Gasteiger partial charge in [0.2, 0.25) is 0 Å².